The van der Waals surface area contributed by atoms with Crippen molar-refractivity contribution in [3.05, 3.63) is 0 Å². The molecule has 3 aliphatic carbocycles. The average molecular weight is 248 g/mol. The lowest BCUT2D eigenvalue weighted by atomic mass is 9.98. The second-order valence-corrected chi connectivity index (χ2v) is 7.46. The summed E-state index contributed by atoms with van der Waals surface area (Å²) in [5.41, 5.74) is 0. The van der Waals surface area contributed by atoms with Gasteiger partial charge in [0.25, 0.3) is 0 Å². The first-order chi connectivity index (χ1) is 8.83. The van der Waals surface area contributed by atoms with Crippen LogP contribution in [0.25, 0.3) is 0 Å². The van der Waals surface area contributed by atoms with Crippen molar-refractivity contribution in [1.29, 1.82) is 0 Å². The molecule has 1 heterocycles. The lowest BCUT2D eigenvalue weighted by molar-refractivity contribution is 0.332. The van der Waals surface area contributed by atoms with Gasteiger partial charge in [0.2, 0.25) is 0 Å². The van der Waals surface area contributed by atoms with Gasteiger partial charge in [-0.3, -0.25) is 0 Å². The molecule has 102 valence electrons. The fourth-order valence-corrected chi connectivity index (χ4v) is 5.50. The minimum atomic E-state index is 0.718. The molecule has 0 radical (unpaired) electrons. The van der Waals surface area contributed by atoms with E-state index < -0.39 is 0 Å². The zero-order valence-electron chi connectivity index (χ0n) is 11.7. The highest BCUT2D eigenvalue weighted by atomic mass is 15.1. The Bertz CT molecular complexity index is 294. The van der Waals surface area contributed by atoms with Crippen molar-refractivity contribution in [2.24, 2.45) is 23.7 Å². The van der Waals surface area contributed by atoms with E-state index in [1.54, 1.807) is 19.3 Å². The second kappa shape index (κ2) is 4.49. The molecule has 4 fully saturated rings. The fourth-order valence-electron chi connectivity index (χ4n) is 5.50. The summed E-state index contributed by atoms with van der Waals surface area (Å²) in [6.07, 6.45) is 10.2. The third kappa shape index (κ3) is 1.92. The molecule has 6 unspecified atom stereocenters. The van der Waals surface area contributed by atoms with Crippen molar-refractivity contribution >= 4 is 0 Å². The first-order valence-electron chi connectivity index (χ1n) is 8.32. The van der Waals surface area contributed by atoms with Gasteiger partial charge in [-0.05, 0) is 75.7 Å². The number of piperidine rings is 1. The highest BCUT2D eigenvalue weighted by Crippen LogP contribution is 2.65. The molecule has 0 aromatic carbocycles. The molecule has 4 aliphatic rings. The van der Waals surface area contributed by atoms with Crippen molar-refractivity contribution in [1.82, 2.24) is 10.6 Å². The van der Waals surface area contributed by atoms with Gasteiger partial charge in [0.1, 0.15) is 0 Å². The largest absolute Gasteiger partial charge is 0.314 e. The van der Waals surface area contributed by atoms with E-state index in [1.807, 2.05) is 0 Å². The standard InChI is InChI=1S/C16H28N2/c1-10(8-13-4-2-3-7-17-13)18-16-14-11-5-6-12(9-11)15(14)16/h10-18H,2-9H2,1H3. The van der Waals surface area contributed by atoms with Crippen molar-refractivity contribution in [2.75, 3.05) is 6.54 Å². The molecule has 1 aliphatic heterocycles. The Morgan fingerprint density at radius 2 is 1.89 bits per heavy atom. The van der Waals surface area contributed by atoms with Crippen LogP contribution in [-0.2, 0) is 0 Å². The van der Waals surface area contributed by atoms with Gasteiger partial charge in [0, 0.05) is 18.1 Å². The van der Waals surface area contributed by atoms with Crippen molar-refractivity contribution in [3.8, 4) is 0 Å². The molecular formula is C16H28N2. The fraction of sp³-hybridized carbons (Fsp3) is 1.00. The van der Waals surface area contributed by atoms with E-state index >= 15 is 0 Å². The topological polar surface area (TPSA) is 24.1 Å². The van der Waals surface area contributed by atoms with Gasteiger partial charge in [0.15, 0.2) is 0 Å². The monoisotopic (exact) mass is 248 g/mol. The SMILES string of the molecule is CC(CC1CCCCN1)NC1C2C3CCC(C3)C12. The molecule has 18 heavy (non-hydrogen) atoms. The van der Waals surface area contributed by atoms with Crippen LogP contribution in [0, 0.1) is 23.7 Å². The van der Waals surface area contributed by atoms with E-state index in [1.165, 1.54) is 32.2 Å². The van der Waals surface area contributed by atoms with Gasteiger partial charge in [-0.1, -0.05) is 6.42 Å². The minimum Gasteiger partial charge on any atom is -0.314 e. The lowest BCUT2D eigenvalue weighted by Crippen LogP contribution is -2.41. The third-order valence-electron chi connectivity index (χ3n) is 6.26. The molecule has 6 atom stereocenters. The van der Waals surface area contributed by atoms with Gasteiger partial charge in [-0.2, -0.15) is 0 Å². The number of fused-ring (bicyclic) bond motifs is 5. The molecule has 2 bridgehead atoms. The Morgan fingerprint density at radius 3 is 2.56 bits per heavy atom. The summed E-state index contributed by atoms with van der Waals surface area (Å²) in [7, 11) is 0. The molecule has 0 spiro atoms. The molecule has 2 nitrogen and oxygen atoms in total. The Labute approximate surface area is 111 Å². The van der Waals surface area contributed by atoms with Crippen LogP contribution in [0.2, 0.25) is 0 Å². The van der Waals surface area contributed by atoms with Crippen molar-refractivity contribution in [3.63, 3.8) is 0 Å². The van der Waals surface area contributed by atoms with Gasteiger partial charge in [0.05, 0.1) is 0 Å². The Kier molecular flexibility index (Phi) is 2.92. The average Bonchev–Trinajstić information content (AvgIpc) is 2.79. The summed E-state index contributed by atoms with van der Waals surface area (Å²) >= 11 is 0. The molecule has 0 aromatic heterocycles. The Morgan fingerprint density at radius 1 is 1.11 bits per heavy atom. The highest BCUT2D eigenvalue weighted by Gasteiger charge is 2.64. The van der Waals surface area contributed by atoms with E-state index in [2.05, 4.69) is 17.6 Å². The molecule has 4 rings (SSSR count). The molecule has 0 aromatic rings. The zero-order valence-corrected chi connectivity index (χ0v) is 11.7. The number of hydrogen-bond acceptors (Lipinski definition) is 2. The van der Waals surface area contributed by atoms with Gasteiger partial charge >= 0.3 is 0 Å². The van der Waals surface area contributed by atoms with Crippen molar-refractivity contribution in [2.45, 2.75) is 70.0 Å². The Hall–Kier alpha value is -0.0800. The number of rotatable bonds is 4. The van der Waals surface area contributed by atoms with Crippen LogP contribution >= 0.6 is 0 Å². The summed E-state index contributed by atoms with van der Waals surface area (Å²) in [4.78, 5) is 0. The van der Waals surface area contributed by atoms with Gasteiger partial charge in [-0.15, -0.1) is 0 Å². The second-order valence-electron chi connectivity index (χ2n) is 7.46. The molecular weight excluding hydrogens is 220 g/mol. The van der Waals surface area contributed by atoms with Gasteiger partial charge in [-0.25, -0.2) is 0 Å². The molecule has 3 saturated carbocycles. The first-order valence-corrected chi connectivity index (χ1v) is 8.32. The van der Waals surface area contributed by atoms with E-state index in [-0.39, 0.29) is 0 Å². The maximum absolute atomic E-state index is 3.96. The van der Waals surface area contributed by atoms with E-state index in [9.17, 15) is 0 Å². The predicted octanol–water partition coefficient (Wildman–Crippen LogP) is 2.54. The van der Waals surface area contributed by atoms with Crippen molar-refractivity contribution < 1.29 is 0 Å². The van der Waals surface area contributed by atoms with Crippen LogP contribution < -0.4 is 10.6 Å². The van der Waals surface area contributed by atoms with Crippen LogP contribution in [0.3, 0.4) is 0 Å². The summed E-state index contributed by atoms with van der Waals surface area (Å²) < 4.78 is 0. The van der Waals surface area contributed by atoms with Crippen LogP contribution in [0.5, 0.6) is 0 Å². The number of nitrogens with one attached hydrogen (secondary N) is 2. The molecule has 2 N–H and O–H groups in total. The minimum absolute atomic E-state index is 0.718. The van der Waals surface area contributed by atoms with E-state index in [0.717, 1.165) is 41.8 Å². The zero-order chi connectivity index (χ0) is 12.1. The summed E-state index contributed by atoms with van der Waals surface area (Å²) in [5, 5.41) is 7.65. The lowest BCUT2D eigenvalue weighted by Gasteiger charge is -2.27. The third-order valence-corrected chi connectivity index (χ3v) is 6.26. The maximum atomic E-state index is 3.96. The normalized spacial score (nSPS) is 51.2. The molecule has 1 saturated heterocycles. The van der Waals surface area contributed by atoms with Crippen LogP contribution in [0.4, 0.5) is 0 Å². The molecule has 0 amide bonds. The highest BCUT2D eigenvalue weighted by molar-refractivity contribution is 5.17. The van der Waals surface area contributed by atoms with Crippen LogP contribution in [0.1, 0.15) is 51.9 Å². The predicted molar refractivity (Wildman–Crippen MR) is 74.5 cm³/mol. The van der Waals surface area contributed by atoms with Gasteiger partial charge < -0.3 is 10.6 Å². The van der Waals surface area contributed by atoms with Crippen LogP contribution in [0.15, 0.2) is 0 Å². The van der Waals surface area contributed by atoms with E-state index in [0.29, 0.717) is 0 Å². The Balaban J connectivity index is 1.26. The smallest absolute Gasteiger partial charge is 0.0138 e. The van der Waals surface area contributed by atoms with E-state index in [4.69, 9.17) is 0 Å². The first kappa shape index (κ1) is 11.7. The number of hydrogen-bond donors (Lipinski definition) is 2. The van der Waals surface area contributed by atoms with Crippen LogP contribution in [-0.4, -0.2) is 24.7 Å². The quantitative estimate of drug-likeness (QED) is 0.799. The molecule has 2 heteroatoms. The summed E-state index contributed by atoms with van der Waals surface area (Å²) in [5.74, 6) is 4.39. The maximum Gasteiger partial charge on any atom is 0.0138 e. The summed E-state index contributed by atoms with van der Waals surface area (Å²) in [6.45, 7) is 3.66. The summed E-state index contributed by atoms with van der Waals surface area (Å²) in [6, 6.07) is 2.42.